The van der Waals surface area contributed by atoms with Crippen molar-refractivity contribution in [2.24, 2.45) is 0 Å². The first-order valence-corrected chi connectivity index (χ1v) is 9.21. The summed E-state index contributed by atoms with van der Waals surface area (Å²) >= 11 is 11.8. The van der Waals surface area contributed by atoms with Crippen LogP contribution in [-0.2, 0) is 9.59 Å². The van der Waals surface area contributed by atoms with Crippen LogP contribution >= 0.6 is 23.2 Å². The van der Waals surface area contributed by atoms with Gasteiger partial charge in [0.15, 0.2) is 17.6 Å². The smallest absolute Gasteiger partial charge is 0.279 e. The number of halogens is 2. The molecule has 0 bridgehead atoms. The fraction of sp³-hybridized carbons (Fsp3) is 0.200. The highest BCUT2D eigenvalue weighted by molar-refractivity contribution is 6.35. The lowest BCUT2D eigenvalue weighted by atomic mass is 10.2. The molecule has 2 N–H and O–H groups in total. The van der Waals surface area contributed by atoms with Gasteiger partial charge in [-0.2, -0.15) is 0 Å². The third-order valence-electron chi connectivity index (χ3n) is 3.71. The fourth-order valence-corrected chi connectivity index (χ4v) is 2.66. The molecule has 2 aromatic rings. The predicted molar refractivity (Wildman–Crippen MR) is 111 cm³/mol. The molecular weight excluding hydrogens is 419 g/mol. The van der Waals surface area contributed by atoms with Crippen molar-refractivity contribution >= 4 is 41.1 Å². The number of ether oxygens (including phenoxy) is 3. The molecule has 0 aliphatic heterocycles. The SMILES string of the molecule is COc1ccc(/C=C/C(=O)NNC(=O)C(C)Oc2ccc(Cl)cc2Cl)cc1OC. The number of hydrazine groups is 1. The van der Waals surface area contributed by atoms with E-state index >= 15 is 0 Å². The number of carbonyl (C=O) groups is 2. The zero-order chi connectivity index (χ0) is 21.4. The maximum atomic E-state index is 12.1. The number of rotatable bonds is 7. The molecule has 2 rings (SSSR count). The summed E-state index contributed by atoms with van der Waals surface area (Å²) in [6, 6.07) is 9.85. The van der Waals surface area contributed by atoms with Crippen molar-refractivity contribution in [2.45, 2.75) is 13.0 Å². The Morgan fingerprint density at radius 1 is 0.966 bits per heavy atom. The molecule has 0 heterocycles. The van der Waals surface area contributed by atoms with Gasteiger partial charge < -0.3 is 14.2 Å². The second-order valence-electron chi connectivity index (χ2n) is 5.76. The molecule has 0 aromatic heterocycles. The zero-order valence-electron chi connectivity index (χ0n) is 16.0. The van der Waals surface area contributed by atoms with E-state index in [4.69, 9.17) is 37.4 Å². The minimum Gasteiger partial charge on any atom is -0.493 e. The van der Waals surface area contributed by atoms with Gasteiger partial charge in [-0.15, -0.1) is 0 Å². The van der Waals surface area contributed by atoms with E-state index in [1.54, 1.807) is 36.4 Å². The molecule has 9 heteroatoms. The highest BCUT2D eigenvalue weighted by Crippen LogP contribution is 2.29. The van der Waals surface area contributed by atoms with E-state index in [1.807, 2.05) is 0 Å². The van der Waals surface area contributed by atoms with Gasteiger partial charge in [-0.1, -0.05) is 29.3 Å². The summed E-state index contributed by atoms with van der Waals surface area (Å²) in [5.41, 5.74) is 5.28. The highest BCUT2D eigenvalue weighted by atomic mass is 35.5. The van der Waals surface area contributed by atoms with E-state index in [9.17, 15) is 9.59 Å². The van der Waals surface area contributed by atoms with Gasteiger partial charge in [0, 0.05) is 11.1 Å². The third kappa shape index (κ3) is 6.58. The Labute approximate surface area is 178 Å². The molecule has 0 saturated heterocycles. The zero-order valence-corrected chi connectivity index (χ0v) is 17.5. The van der Waals surface area contributed by atoms with Crippen molar-refractivity contribution in [1.29, 1.82) is 0 Å². The summed E-state index contributed by atoms with van der Waals surface area (Å²) in [5, 5.41) is 0.729. The first-order chi connectivity index (χ1) is 13.8. The fourth-order valence-electron chi connectivity index (χ4n) is 2.21. The molecule has 29 heavy (non-hydrogen) atoms. The van der Waals surface area contributed by atoms with Crippen LogP contribution in [0.25, 0.3) is 6.08 Å². The summed E-state index contributed by atoms with van der Waals surface area (Å²) in [6.45, 7) is 1.52. The molecule has 0 spiro atoms. The molecule has 1 unspecified atom stereocenters. The Morgan fingerprint density at radius 2 is 1.66 bits per heavy atom. The standard InChI is InChI=1S/C20H20Cl2N2O5/c1-12(29-16-8-6-14(21)11-15(16)22)20(26)24-23-19(25)9-5-13-4-7-17(27-2)18(10-13)28-3/h4-12H,1-3H3,(H,23,25)(H,24,26)/b9-5+. The lowest BCUT2D eigenvalue weighted by molar-refractivity contribution is -0.131. The Balaban J connectivity index is 1.87. The van der Waals surface area contributed by atoms with Crippen molar-refractivity contribution < 1.29 is 23.8 Å². The minimum atomic E-state index is -0.899. The number of carbonyl (C=O) groups excluding carboxylic acids is 2. The van der Waals surface area contributed by atoms with Crippen LogP contribution in [0, 0.1) is 0 Å². The lowest BCUT2D eigenvalue weighted by Gasteiger charge is -2.15. The van der Waals surface area contributed by atoms with E-state index in [2.05, 4.69) is 10.9 Å². The van der Waals surface area contributed by atoms with Crippen molar-refractivity contribution in [2.75, 3.05) is 14.2 Å². The van der Waals surface area contributed by atoms with Crippen molar-refractivity contribution in [3.8, 4) is 17.2 Å². The van der Waals surface area contributed by atoms with E-state index in [-0.39, 0.29) is 5.02 Å². The number of methoxy groups -OCH3 is 2. The van der Waals surface area contributed by atoms with Crippen LogP contribution in [0.4, 0.5) is 0 Å². The van der Waals surface area contributed by atoms with Crippen LogP contribution in [-0.4, -0.2) is 32.1 Å². The first kappa shape index (κ1) is 22.4. The molecule has 0 saturated carbocycles. The number of hydrogen-bond donors (Lipinski definition) is 2. The number of hydrogen-bond acceptors (Lipinski definition) is 5. The Bertz CT molecular complexity index is 918. The molecule has 0 radical (unpaired) electrons. The molecule has 2 amide bonds. The Hall–Kier alpha value is -2.90. The van der Waals surface area contributed by atoms with Gasteiger partial charge in [-0.25, -0.2) is 0 Å². The summed E-state index contributed by atoms with van der Waals surface area (Å²) in [5.74, 6) is 0.346. The minimum absolute atomic E-state index is 0.277. The summed E-state index contributed by atoms with van der Waals surface area (Å²) in [4.78, 5) is 24.0. The Kier molecular flexibility index (Phi) is 8.18. The largest absolute Gasteiger partial charge is 0.493 e. The average Bonchev–Trinajstić information content (AvgIpc) is 2.71. The second kappa shape index (κ2) is 10.6. The molecule has 0 aliphatic carbocycles. The summed E-state index contributed by atoms with van der Waals surface area (Å²) in [7, 11) is 3.06. The van der Waals surface area contributed by atoms with Crippen LogP contribution < -0.4 is 25.1 Å². The average molecular weight is 439 g/mol. The maximum Gasteiger partial charge on any atom is 0.279 e. The van der Waals surface area contributed by atoms with Crippen LogP contribution in [0.3, 0.4) is 0 Å². The van der Waals surface area contributed by atoms with Gasteiger partial charge in [0.2, 0.25) is 0 Å². The molecule has 7 nitrogen and oxygen atoms in total. The van der Waals surface area contributed by atoms with Crippen molar-refractivity contribution in [3.63, 3.8) is 0 Å². The normalized spacial score (nSPS) is 11.6. The van der Waals surface area contributed by atoms with E-state index < -0.39 is 17.9 Å². The van der Waals surface area contributed by atoms with Gasteiger partial charge in [-0.05, 0) is 48.9 Å². The van der Waals surface area contributed by atoms with E-state index in [0.717, 1.165) is 5.56 Å². The molecular formula is C20H20Cl2N2O5. The summed E-state index contributed by atoms with van der Waals surface area (Å²) in [6.07, 6.45) is 1.93. The first-order valence-electron chi connectivity index (χ1n) is 8.45. The van der Waals surface area contributed by atoms with Crippen molar-refractivity contribution in [3.05, 3.63) is 58.1 Å². The number of benzene rings is 2. The lowest BCUT2D eigenvalue weighted by Crippen LogP contribution is -2.46. The topological polar surface area (TPSA) is 85.9 Å². The van der Waals surface area contributed by atoms with Gasteiger partial charge in [0.1, 0.15) is 5.75 Å². The Morgan fingerprint density at radius 3 is 2.31 bits per heavy atom. The predicted octanol–water partition coefficient (Wildman–Crippen LogP) is 3.64. The second-order valence-corrected chi connectivity index (χ2v) is 6.60. The highest BCUT2D eigenvalue weighted by Gasteiger charge is 2.16. The number of nitrogens with one attached hydrogen (secondary N) is 2. The quantitative estimate of drug-likeness (QED) is 0.508. The monoisotopic (exact) mass is 438 g/mol. The number of amides is 2. The summed E-state index contributed by atoms with van der Waals surface area (Å²) < 4.78 is 15.8. The molecule has 0 fully saturated rings. The van der Waals surface area contributed by atoms with Crippen molar-refractivity contribution in [1.82, 2.24) is 10.9 Å². The van der Waals surface area contributed by atoms with Crippen LogP contribution in [0.2, 0.25) is 10.0 Å². The van der Waals surface area contributed by atoms with Gasteiger partial charge in [-0.3, -0.25) is 20.4 Å². The molecule has 2 aromatic carbocycles. The van der Waals surface area contributed by atoms with E-state index in [0.29, 0.717) is 22.3 Å². The molecule has 154 valence electrons. The molecule has 1 atom stereocenters. The van der Waals surface area contributed by atoms with Crippen LogP contribution in [0.1, 0.15) is 12.5 Å². The van der Waals surface area contributed by atoms with Gasteiger partial charge in [0.25, 0.3) is 11.8 Å². The van der Waals surface area contributed by atoms with E-state index in [1.165, 1.54) is 33.3 Å². The van der Waals surface area contributed by atoms with Gasteiger partial charge in [0.05, 0.1) is 19.2 Å². The maximum absolute atomic E-state index is 12.1. The van der Waals surface area contributed by atoms with Crippen LogP contribution in [0.15, 0.2) is 42.5 Å². The molecule has 0 aliphatic rings. The van der Waals surface area contributed by atoms with Gasteiger partial charge >= 0.3 is 0 Å². The van der Waals surface area contributed by atoms with Crippen LogP contribution in [0.5, 0.6) is 17.2 Å². The third-order valence-corrected chi connectivity index (χ3v) is 4.24.